The number of carboxylic acids is 1. The predicted molar refractivity (Wildman–Crippen MR) is 79.3 cm³/mol. The fourth-order valence-electron chi connectivity index (χ4n) is 2.31. The van der Waals surface area contributed by atoms with E-state index in [0.717, 1.165) is 44.9 Å². The average Bonchev–Trinajstić information content (AvgIpc) is 2.37. The zero-order valence-electron chi connectivity index (χ0n) is 12.6. The molecular formula is C16H32O3. The van der Waals surface area contributed by atoms with E-state index in [0.29, 0.717) is 0 Å². The van der Waals surface area contributed by atoms with Gasteiger partial charge in [0.25, 0.3) is 0 Å². The number of unbranched alkanes of at least 4 members (excludes halogenated alkanes) is 8. The molecule has 0 aromatic rings. The Morgan fingerprint density at radius 3 is 1.84 bits per heavy atom. The van der Waals surface area contributed by atoms with Crippen LogP contribution in [0.5, 0.6) is 0 Å². The largest absolute Gasteiger partial charge is 0.481 e. The van der Waals surface area contributed by atoms with Gasteiger partial charge in [-0.2, -0.15) is 0 Å². The summed E-state index contributed by atoms with van der Waals surface area (Å²) in [5.41, 5.74) is 0. The summed E-state index contributed by atoms with van der Waals surface area (Å²) in [6, 6.07) is 0. The molecule has 0 saturated heterocycles. The third-order valence-electron chi connectivity index (χ3n) is 3.57. The Kier molecular flexibility index (Phi) is 13.4. The second-order valence-corrected chi connectivity index (χ2v) is 5.56. The quantitative estimate of drug-likeness (QED) is 0.457. The highest BCUT2D eigenvalue weighted by Gasteiger charge is 2.04. The Balaban J connectivity index is 3.16. The SMILES string of the molecule is CCCCCCCC[C@H](O)CCCCCCC(=O)O. The van der Waals surface area contributed by atoms with Crippen LogP contribution in [0, 0.1) is 0 Å². The summed E-state index contributed by atoms with van der Waals surface area (Å²) in [4.78, 5) is 10.3. The summed E-state index contributed by atoms with van der Waals surface area (Å²) in [5, 5.41) is 18.3. The fraction of sp³-hybridized carbons (Fsp3) is 0.938. The van der Waals surface area contributed by atoms with E-state index in [2.05, 4.69) is 6.92 Å². The number of hydrogen-bond donors (Lipinski definition) is 2. The molecule has 0 spiro atoms. The van der Waals surface area contributed by atoms with Crippen molar-refractivity contribution in [3.63, 3.8) is 0 Å². The highest BCUT2D eigenvalue weighted by Crippen LogP contribution is 2.13. The number of aliphatic hydroxyl groups is 1. The van der Waals surface area contributed by atoms with Crippen molar-refractivity contribution in [3.8, 4) is 0 Å². The van der Waals surface area contributed by atoms with Gasteiger partial charge >= 0.3 is 5.97 Å². The third-order valence-corrected chi connectivity index (χ3v) is 3.57. The molecule has 0 aliphatic heterocycles. The van der Waals surface area contributed by atoms with Crippen molar-refractivity contribution in [2.45, 2.75) is 96.5 Å². The fourth-order valence-corrected chi connectivity index (χ4v) is 2.31. The molecule has 2 N–H and O–H groups in total. The summed E-state index contributed by atoms with van der Waals surface area (Å²) in [6.45, 7) is 2.22. The lowest BCUT2D eigenvalue weighted by Gasteiger charge is -2.10. The Bertz CT molecular complexity index is 204. The molecule has 114 valence electrons. The van der Waals surface area contributed by atoms with E-state index in [1.165, 1.54) is 32.1 Å². The monoisotopic (exact) mass is 272 g/mol. The van der Waals surface area contributed by atoms with Crippen LogP contribution in [-0.4, -0.2) is 22.3 Å². The Morgan fingerprint density at radius 1 is 0.842 bits per heavy atom. The zero-order chi connectivity index (χ0) is 14.3. The van der Waals surface area contributed by atoms with E-state index in [-0.39, 0.29) is 12.5 Å². The van der Waals surface area contributed by atoms with E-state index < -0.39 is 5.97 Å². The minimum atomic E-state index is -0.705. The molecule has 0 aromatic carbocycles. The second-order valence-electron chi connectivity index (χ2n) is 5.56. The van der Waals surface area contributed by atoms with Gasteiger partial charge in [-0.3, -0.25) is 4.79 Å². The van der Waals surface area contributed by atoms with Crippen molar-refractivity contribution in [1.82, 2.24) is 0 Å². The molecule has 1 atom stereocenters. The van der Waals surface area contributed by atoms with E-state index in [4.69, 9.17) is 5.11 Å². The van der Waals surface area contributed by atoms with Crippen LogP contribution in [0.1, 0.15) is 90.4 Å². The van der Waals surface area contributed by atoms with E-state index in [1.54, 1.807) is 0 Å². The van der Waals surface area contributed by atoms with Crippen LogP contribution in [0.4, 0.5) is 0 Å². The summed E-state index contributed by atoms with van der Waals surface area (Å²) in [6.07, 6.45) is 13.4. The zero-order valence-corrected chi connectivity index (χ0v) is 12.6. The van der Waals surface area contributed by atoms with Gasteiger partial charge in [-0.25, -0.2) is 0 Å². The molecule has 0 radical (unpaired) electrons. The molecule has 0 unspecified atom stereocenters. The first-order valence-electron chi connectivity index (χ1n) is 8.06. The number of hydrogen-bond acceptors (Lipinski definition) is 2. The third kappa shape index (κ3) is 15.4. The van der Waals surface area contributed by atoms with Crippen molar-refractivity contribution < 1.29 is 15.0 Å². The molecule has 3 nitrogen and oxygen atoms in total. The smallest absolute Gasteiger partial charge is 0.303 e. The van der Waals surface area contributed by atoms with Crippen molar-refractivity contribution in [1.29, 1.82) is 0 Å². The molecule has 19 heavy (non-hydrogen) atoms. The van der Waals surface area contributed by atoms with Gasteiger partial charge in [0.15, 0.2) is 0 Å². The minimum absolute atomic E-state index is 0.148. The maximum atomic E-state index is 10.3. The first kappa shape index (κ1) is 18.4. The van der Waals surface area contributed by atoms with Crippen LogP contribution in [0.2, 0.25) is 0 Å². The van der Waals surface area contributed by atoms with Gasteiger partial charge in [0.1, 0.15) is 0 Å². The predicted octanol–water partition coefficient (Wildman–Crippen LogP) is 4.52. The van der Waals surface area contributed by atoms with Crippen LogP contribution in [-0.2, 0) is 4.79 Å². The topological polar surface area (TPSA) is 57.5 Å². The number of carbonyl (C=O) groups is 1. The van der Waals surface area contributed by atoms with Crippen molar-refractivity contribution in [2.24, 2.45) is 0 Å². The normalized spacial score (nSPS) is 12.5. The number of rotatable bonds is 14. The summed E-state index contributed by atoms with van der Waals surface area (Å²) >= 11 is 0. The molecule has 0 saturated carbocycles. The van der Waals surface area contributed by atoms with Crippen LogP contribution < -0.4 is 0 Å². The summed E-state index contributed by atoms with van der Waals surface area (Å²) in [5.74, 6) is -0.705. The van der Waals surface area contributed by atoms with Gasteiger partial charge < -0.3 is 10.2 Å². The highest BCUT2D eigenvalue weighted by atomic mass is 16.4. The Morgan fingerprint density at radius 2 is 1.32 bits per heavy atom. The standard InChI is InChI=1S/C16H32O3/c1-2-3-4-5-6-9-12-15(17)13-10-7-8-11-14-16(18)19/h15,17H,2-14H2,1H3,(H,18,19)/t15-/m0/s1. The van der Waals surface area contributed by atoms with E-state index >= 15 is 0 Å². The van der Waals surface area contributed by atoms with Gasteiger partial charge in [0, 0.05) is 6.42 Å². The molecule has 0 aromatic heterocycles. The van der Waals surface area contributed by atoms with Crippen LogP contribution in [0.3, 0.4) is 0 Å². The lowest BCUT2D eigenvalue weighted by atomic mass is 10.0. The number of aliphatic hydroxyl groups excluding tert-OH is 1. The first-order chi connectivity index (χ1) is 9.16. The van der Waals surface area contributed by atoms with Crippen LogP contribution >= 0.6 is 0 Å². The molecular weight excluding hydrogens is 240 g/mol. The Labute approximate surface area is 118 Å². The van der Waals surface area contributed by atoms with E-state index in [9.17, 15) is 9.90 Å². The lowest BCUT2D eigenvalue weighted by molar-refractivity contribution is -0.137. The van der Waals surface area contributed by atoms with Crippen LogP contribution in [0.25, 0.3) is 0 Å². The lowest BCUT2D eigenvalue weighted by Crippen LogP contribution is -2.06. The summed E-state index contributed by atoms with van der Waals surface area (Å²) in [7, 11) is 0. The molecule has 0 fully saturated rings. The van der Waals surface area contributed by atoms with Gasteiger partial charge in [-0.15, -0.1) is 0 Å². The summed E-state index contributed by atoms with van der Waals surface area (Å²) < 4.78 is 0. The highest BCUT2D eigenvalue weighted by molar-refractivity contribution is 5.66. The number of carboxylic acid groups (broad SMARTS) is 1. The van der Waals surface area contributed by atoms with Gasteiger partial charge in [-0.05, 0) is 19.3 Å². The van der Waals surface area contributed by atoms with Crippen molar-refractivity contribution in [2.75, 3.05) is 0 Å². The maximum absolute atomic E-state index is 10.3. The second kappa shape index (κ2) is 13.9. The van der Waals surface area contributed by atoms with Crippen molar-refractivity contribution >= 4 is 5.97 Å². The molecule has 0 amide bonds. The number of aliphatic carboxylic acids is 1. The van der Waals surface area contributed by atoms with Gasteiger partial charge in [0.2, 0.25) is 0 Å². The molecule has 0 aliphatic rings. The first-order valence-corrected chi connectivity index (χ1v) is 8.06. The average molecular weight is 272 g/mol. The maximum Gasteiger partial charge on any atom is 0.303 e. The molecule has 0 heterocycles. The van der Waals surface area contributed by atoms with Gasteiger partial charge in [0.05, 0.1) is 6.10 Å². The molecule has 0 bridgehead atoms. The van der Waals surface area contributed by atoms with Crippen molar-refractivity contribution in [3.05, 3.63) is 0 Å². The minimum Gasteiger partial charge on any atom is -0.481 e. The molecule has 3 heteroatoms. The van der Waals surface area contributed by atoms with Crippen LogP contribution in [0.15, 0.2) is 0 Å². The van der Waals surface area contributed by atoms with Gasteiger partial charge in [-0.1, -0.05) is 64.7 Å². The molecule has 0 aliphatic carbocycles. The Hall–Kier alpha value is -0.570. The molecule has 0 rings (SSSR count). The van der Waals surface area contributed by atoms with E-state index in [1.807, 2.05) is 0 Å².